The number of amides is 1. The third kappa shape index (κ3) is 4.95. The molecule has 1 amide bonds. The fraction of sp³-hybridized carbons (Fsp3) is 0.538. The number of hydrogen-bond donors (Lipinski definition) is 2. The first-order valence-electron chi connectivity index (χ1n) is 6.21. The van der Waals surface area contributed by atoms with Crippen LogP contribution in [0.5, 0.6) is 0 Å². The number of pyridine rings is 1. The molecule has 4 heteroatoms. The average molecular weight is 233 g/mol. The van der Waals surface area contributed by atoms with Gasteiger partial charge in [0.25, 0.3) is 0 Å². The van der Waals surface area contributed by atoms with Gasteiger partial charge in [0.15, 0.2) is 0 Å². The van der Waals surface area contributed by atoms with Crippen molar-refractivity contribution in [2.45, 2.75) is 19.3 Å². The summed E-state index contributed by atoms with van der Waals surface area (Å²) in [6.45, 7) is 2.09. The Hall–Kier alpha value is -1.42. The Bertz CT molecular complexity index is 349. The van der Waals surface area contributed by atoms with Gasteiger partial charge in [0.2, 0.25) is 5.91 Å². The molecule has 0 aromatic carbocycles. The van der Waals surface area contributed by atoms with Crippen LogP contribution in [0, 0.1) is 5.92 Å². The van der Waals surface area contributed by atoms with E-state index in [2.05, 4.69) is 15.6 Å². The fourth-order valence-corrected chi connectivity index (χ4v) is 1.63. The van der Waals surface area contributed by atoms with Crippen LogP contribution in [0.25, 0.3) is 0 Å². The second-order valence-corrected chi connectivity index (χ2v) is 4.53. The lowest BCUT2D eigenvalue weighted by Gasteiger charge is -2.06. The molecule has 0 unspecified atom stereocenters. The van der Waals surface area contributed by atoms with E-state index in [9.17, 15) is 4.79 Å². The maximum Gasteiger partial charge on any atom is 0.233 e. The molecular formula is C13H19N3O. The van der Waals surface area contributed by atoms with E-state index >= 15 is 0 Å². The third-order valence-corrected chi connectivity index (χ3v) is 2.91. The molecule has 1 heterocycles. The third-order valence-electron chi connectivity index (χ3n) is 2.91. The highest BCUT2D eigenvalue weighted by atomic mass is 16.1. The van der Waals surface area contributed by atoms with Gasteiger partial charge in [-0.2, -0.15) is 0 Å². The van der Waals surface area contributed by atoms with Crippen molar-refractivity contribution in [3.8, 4) is 0 Å². The lowest BCUT2D eigenvalue weighted by atomic mass is 10.2. The van der Waals surface area contributed by atoms with Gasteiger partial charge in [0.1, 0.15) is 0 Å². The van der Waals surface area contributed by atoms with Crippen molar-refractivity contribution in [3.63, 3.8) is 0 Å². The molecule has 1 aliphatic rings. The van der Waals surface area contributed by atoms with E-state index in [-0.39, 0.29) is 5.91 Å². The molecule has 2 N–H and O–H groups in total. The zero-order valence-electron chi connectivity index (χ0n) is 9.98. The second-order valence-electron chi connectivity index (χ2n) is 4.53. The molecule has 0 bridgehead atoms. The minimum atomic E-state index is 0.103. The molecule has 0 radical (unpaired) electrons. The van der Waals surface area contributed by atoms with Crippen molar-refractivity contribution in [3.05, 3.63) is 30.1 Å². The van der Waals surface area contributed by atoms with Crippen LogP contribution in [0.4, 0.5) is 0 Å². The van der Waals surface area contributed by atoms with Crippen molar-refractivity contribution in [2.24, 2.45) is 5.92 Å². The van der Waals surface area contributed by atoms with Crippen molar-refractivity contribution in [2.75, 3.05) is 19.6 Å². The number of nitrogens with zero attached hydrogens (tertiary/aromatic N) is 1. The summed E-state index contributed by atoms with van der Waals surface area (Å²) in [4.78, 5) is 15.4. The van der Waals surface area contributed by atoms with Crippen LogP contribution < -0.4 is 10.6 Å². The van der Waals surface area contributed by atoms with Crippen LogP contribution in [0.2, 0.25) is 0 Å². The van der Waals surface area contributed by atoms with Crippen LogP contribution in [0.3, 0.4) is 0 Å². The highest BCUT2D eigenvalue weighted by Crippen LogP contribution is 2.27. The second kappa shape index (κ2) is 6.35. The summed E-state index contributed by atoms with van der Waals surface area (Å²) in [6, 6.07) is 3.99. The van der Waals surface area contributed by atoms with E-state index in [0.717, 1.165) is 25.4 Å². The molecule has 0 saturated heterocycles. The van der Waals surface area contributed by atoms with Crippen LogP contribution in [0.1, 0.15) is 18.4 Å². The molecule has 92 valence electrons. The smallest absolute Gasteiger partial charge is 0.233 e. The Morgan fingerprint density at radius 1 is 1.35 bits per heavy atom. The lowest BCUT2D eigenvalue weighted by Crippen LogP contribution is -2.35. The summed E-state index contributed by atoms with van der Waals surface area (Å²) >= 11 is 0. The van der Waals surface area contributed by atoms with Gasteiger partial charge < -0.3 is 10.6 Å². The van der Waals surface area contributed by atoms with Gasteiger partial charge in [0.05, 0.1) is 6.54 Å². The van der Waals surface area contributed by atoms with Crippen molar-refractivity contribution in [1.82, 2.24) is 15.6 Å². The number of carbonyl (C=O) groups is 1. The van der Waals surface area contributed by atoms with Gasteiger partial charge in [-0.15, -0.1) is 0 Å². The Kier molecular flexibility index (Phi) is 4.50. The summed E-state index contributed by atoms with van der Waals surface area (Å²) in [7, 11) is 0. The number of aromatic nitrogens is 1. The van der Waals surface area contributed by atoms with E-state index < -0.39 is 0 Å². The molecule has 1 fully saturated rings. The van der Waals surface area contributed by atoms with Gasteiger partial charge in [-0.05, 0) is 49.4 Å². The maximum absolute atomic E-state index is 11.4. The number of rotatable bonds is 7. The molecule has 17 heavy (non-hydrogen) atoms. The van der Waals surface area contributed by atoms with Crippen molar-refractivity contribution < 1.29 is 4.79 Å². The Morgan fingerprint density at radius 2 is 2.12 bits per heavy atom. The van der Waals surface area contributed by atoms with Crippen molar-refractivity contribution in [1.29, 1.82) is 0 Å². The normalized spacial score (nSPS) is 14.6. The van der Waals surface area contributed by atoms with Gasteiger partial charge in [0, 0.05) is 18.9 Å². The van der Waals surface area contributed by atoms with E-state index in [1.54, 1.807) is 12.4 Å². The number of carbonyl (C=O) groups excluding carboxylic acids is 1. The van der Waals surface area contributed by atoms with E-state index in [0.29, 0.717) is 6.54 Å². The summed E-state index contributed by atoms with van der Waals surface area (Å²) < 4.78 is 0. The minimum Gasteiger partial charge on any atom is -0.355 e. The monoisotopic (exact) mass is 233 g/mol. The topological polar surface area (TPSA) is 54.0 Å². The van der Waals surface area contributed by atoms with E-state index in [1.807, 2.05) is 12.1 Å². The van der Waals surface area contributed by atoms with E-state index in [4.69, 9.17) is 0 Å². The minimum absolute atomic E-state index is 0.103. The SMILES string of the molecule is O=C(CNCCc1ccncc1)NCC1CC1. The Morgan fingerprint density at radius 3 is 2.82 bits per heavy atom. The molecule has 1 aromatic heterocycles. The molecule has 0 aliphatic heterocycles. The standard InChI is InChI=1S/C13H19N3O/c17-13(16-9-12-1-2-12)10-15-8-5-11-3-6-14-7-4-11/h3-4,6-7,12,15H,1-2,5,8-10H2,(H,16,17). The predicted octanol–water partition coefficient (Wildman–Crippen LogP) is 0.740. The van der Waals surface area contributed by atoms with Crippen LogP contribution in [-0.2, 0) is 11.2 Å². The highest BCUT2D eigenvalue weighted by molar-refractivity contribution is 5.77. The van der Waals surface area contributed by atoms with Gasteiger partial charge >= 0.3 is 0 Å². The summed E-state index contributed by atoms with van der Waals surface area (Å²) in [6.07, 6.45) is 7.05. The zero-order chi connectivity index (χ0) is 11.9. The molecule has 2 rings (SSSR count). The molecule has 0 atom stereocenters. The molecule has 1 saturated carbocycles. The predicted molar refractivity (Wildman–Crippen MR) is 66.5 cm³/mol. The zero-order valence-corrected chi connectivity index (χ0v) is 9.98. The summed E-state index contributed by atoms with van der Waals surface area (Å²) in [5.41, 5.74) is 1.24. The first kappa shape index (κ1) is 12.0. The molecule has 1 aliphatic carbocycles. The maximum atomic E-state index is 11.4. The van der Waals surface area contributed by atoms with Gasteiger partial charge in [-0.1, -0.05) is 0 Å². The highest BCUT2D eigenvalue weighted by Gasteiger charge is 2.21. The van der Waals surface area contributed by atoms with Gasteiger partial charge in [-0.25, -0.2) is 0 Å². The Balaban J connectivity index is 1.51. The first-order valence-corrected chi connectivity index (χ1v) is 6.21. The summed E-state index contributed by atoms with van der Waals surface area (Å²) in [5, 5.41) is 6.08. The van der Waals surface area contributed by atoms with Gasteiger partial charge in [-0.3, -0.25) is 9.78 Å². The number of nitrogens with one attached hydrogen (secondary N) is 2. The summed E-state index contributed by atoms with van der Waals surface area (Å²) in [5.74, 6) is 0.849. The number of hydrogen-bond acceptors (Lipinski definition) is 3. The molecular weight excluding hydrogens is 214 g/mol. The molecule has 4 nitrogen and oxygen atoms in total. The van der Waals surface area contributed by atoms with Crippen LogP contribution >= 0.6 is 0 Å². The lowest BCUT2D eigenvalue weighted by molar-refractivity contribution is -0.120. The van der Waals surface area contributed by atoms with E-state index in [1.165, 1.54) is 18.4 Å². The quantitative estimate of drug-likeness (QED) is 0.683. The average Bonchev–Trinajstić information content (AvgIpc) is 3.17. The van der Waals surface area contributed by atoms with Crippen LogP contribution in [-0.4, -0.2) is 30.5 Å². The first-order chi connectivity index (χ1) is 8.34. The molecule has 0 spiro atoms. The van der Waals surface area contributed by atoms with Crippen LogP contribution in [0.15, 0.2) is 24.5 Å². The Labute approximate surface area is 102 Å². The fourth-order valence-electron chi connectivity index (χ4n) is 1.63. The molecule has 1 aromatic rings. The van der Waals surface area contributed by atoms with Crippen molar-refractivity contribution >= 4 is 5.91 Å². The largest absolute Gasteiger partial charge is 0.355 e.